The average molecular weight is 274 g/mol. The van der Waals surface area contributed by atoms with Crippen LogP contribution in [0, 0.1) is 0 Å². The van der Waals surface area contributed by atoms with E-state index in [1.807, 2.05) is 12.1 Å². The third-order valence-corrected chi connectivity index (χ3v) is 2.60. The van der Waals surface area contributed by atoms with E-state index in [1.165, 1.54) is 17.1 Å². The molecule has 0 radical (unpaired) electrons. The van der Waals surface area contributed by atoms with Crippen LogP contribution in [0.2, 0.25) is 0 Å². The molecule has 0 saturated heterocycles. The summed E-state index contributed by atoms with van der Waals surface area (Å²) in [6, 6.07) is 3.72. The largest absolute Gasteiger partial charge is 0.480 e. The fourth-order valence-corrected chi connectivity index (χ4v) is 1.68. The smallest absolute Gasteiger partial charge is 0.325 e. The molecule has 0 unspecified atom stereocenters. The summed E-state index contributed by atoms with van der Waals surface area (Å²) in [6.45, 7) is -0.229. The van der Waals surface area contributed by atoms with Gasteiger partial charge in [-0.3, -0.25) is 19.3 Å². The molecule has 0 spiro atoms. The Morgan fingerprint density at radius 3 is 2.75 bits per heavy atom. The Morgan fingerprint density at radius 1 is 1.30 bits per heavy atom. The van der Waals surface area contributed by atoms with Gasteiger partial charge < -0.3 is 10.4 Å². The van der Waals surface area contributed by atoms with E-state index in [-0.39, 0.29) is 12.5 Å². The predicted octanol–water partition coefficient (Wildman–Crippen LogP) is 0.934. The molecule has 0 bridgehead atoms. The number of hydrogen-bond donors (Lipinski definition) is 2. The molecule has 0 atom stereocenters. The minimum absolute atomic E-state index is 0.142. The molecule has 104 valence electrons. The lowest BCUT2D eigenvalue weighted by molar-refractivity contribution is -0.137. The van der Waals surface area contributed by atoms with Crippen molar-refractivity contribution in [3.63, 3.8) is 0 Å². The normalized spacial score (nSPS) is 10.2. The van der Waals surface area contributed by atoms with Crippen molar-refractivity contribution in [2.24, 2.45) is 0 Å². The molecule has 0 aliphatic rings. The fraction of sp³-hybridized carbons (Fsp3) is 0.231. The number of carbonyl (C=O) groups excluding carboxylic acids is 1. The highest BCUT2D eigenvalue weighted by Crippen LogP contribution is 2.07. The first-order valence-electron chi connectivity index (χ1n) is 6.06. The number of anilines is 1. The molecule has 2 aromatic heterocycles. The van der Waals surface area contributed by atoms with Gasteiger partial charge in [-0.05, 0) is 24.1 Å². The van der Waals surface area contributed by atoms with Crippen LogP contribution in [0.3, 0.4) is 0 Å². The van der Waals surface area contributed by atoms with Crippen molar-refractivity contribution in [3.05, 3.63) is 42.5 Å². The van der Waals surface area contributed by atoms with Gasteiger partial charge >= 0.3 is 5.97 Å². The van der Waals surface area contributed by atoms with Crippen molar-refractivity contribution in [2.45, 2.75) is 19.4 Å². The van der Waals surface area contributed by atoms with Gasteiger partial charge in [-0.1, -0.05) is 0 Å². The second-order valence-electron chi connectivity index (χ2n) is 4.22. The van der Waals surface area contributed by atoms with Crippen molar-refractivity contribution in [2.75, 3.05) is 5.32 Å². The average Bonchev–Trinajstić information content (AvgIpc) is 2.84. The minimum atomic E-state index is -0.983. The van der Waals surface area contributed by atoms with E-state index in [0.717, 1.165) is 5.56 Å². The van der Waals surface area contributed by atoms with Gasteiger partial charge in [0.25, 0.3) is 0 Å². The zero-order valence-electron chi connectivity index (χ0n) is 10.7. The highest BCUT2D eigenvalue weighted by atomic mass is 16.4. The van der Waals surface area contributed by atoms with Crippen molar-refractivity contribution < 1.29 is 14.7 Å². The van der Waals surface area contributed by atoms with Crippen molar-refractivity contribution in [1.82, 2.24) is 14.8 Å². The number of carboxylic acid groups (broad SMARTS) is 1. The van der Waals surface area contributed by atoms with E-state index in [9.17, 15) is 9.59 Å². The summed E-state index contributed by atoms with van der Waals surface area (Å²) in [5, 5.41) is 15.1. The molecule has 20 heavy (non-hydrogen) atoms. The number of nitrogens with zero attached hydrogens (tertiary/aromatic N) is 3. The Kier molecular flexibility index (Phi) is 4.43. The molecule has 0 aliphatic carbocycles. The molecule has 2 N–H and O–H groups in total. The summed E-state index contributed by atoms with van der Waals surface area (Å²) in [5.41, 5.74) is 1.53. The lowest BCUT2D eigenvalue weighted by atomic mass is 10.1. The van der Waals surface area contributed by atoms with E-state index in [2.05, 4.69) is 15.4 Å². The number of hydrogen-bond acceptors (Lipinski definition) is 4. The monoisotopic (exact) mass is 274 g/mol. The number of carboxylic acids is 1. The van der Waals surface area contributed by atoms with E-state index in [1.54, 1.807) is 12.4 Å². The number of aromatic nitrogens is 3. The fourth-order valence-electron chi connectivity index (χ4n) is 1.68. The number of aliphatic carboxylic acids is 1. The third kappa shape index (κ3) is 4.20. The Bertz CT molecular complexity index is 595. The molecule has 2 heterocycles. The molecule has 7 heteroatoms. The van der Waals surface area contributed by atoms with Gasteiger partial charge in [0.05, 0.1) is 11.9 Å². The topological polar surface area (TPSA) is 97.1 Å². The van der Waals surface area contributed by atoms with Gasteiger partial charge in [0, 0.05) is 25.0 Å². The summed E-state index contributed by atoms with van der Waals surface area (Å²) >= 11 is 0. The van der Waals surface area contributed by atoms with E-state index >= 15 is 0 Å². The number of nitrogens with one attached hydrogen (secondary N) is 1. The van der Waals surface area contributed by atoms with Crippen molar-refractivity contribution in [3.8, 4) is 0 Å². The standard InChI is InChI=1S/C13H14N4O3/c18-12(2-1-10-3-5-14-6-4-10)16-11-7-15-17(8-11)9-13(19)20/h3-8H,1-2,9H2,(H,16,18)(H,19,20). The van der Waals surface area contributed by atoms with Crippen LogP contribution in [0.25, 0.3) is 0 Å². The second kappa shape index (κ2) is 6.46. The van der Waals surface area contributed by atoms with E-state index < -0.39 is 5.97 Å². The number of rotatable bonds is 6. The first-order valence-corrected chi connectivity index (χ1v) is 6.06. The van der Waals surface area contributed by atoms with Crippen molar-refractivity contribution in [1.29, 1.82) is 0 Å². The highest BCUT2D eigenvalue weighted by molar-refractivity contribution is 5.90. The molecule has 2 aromatic rings. The van der Waals surface area contributed by atoms with Crippen LogP contribution in [-0.4, -0.2) is 31.7 Å². The molecular weight excluding hydrogens is 260 g/mol. The van der Waals surface area contributed by atoms with Crippen LogP contribution < -0.4 is 5.32 Å². The lowest BCUT2D eigenvalue weighted by Gasteiger charge is -2.02. The van der Waals surface area contributed by atoms with Gasteiger partial charge in [0.1, 0.15) is 6.54 Å². The van der Waals surface area contributed by atoms with Gasteiger partial charge in [-0.15, -0.1) is 0 Å². The highest BCUT2D eigenvalue weighted by Gasteiger charge is 2.06. The van der Waals surface area contributed by atoms with E-state index in [0.29, 0.717) is 18.5 Å². The van der Waals surface area contributed by atoms with Crippen LogP contribution in [0.5, 0.6) is 0 Å². The summed E-state index contributed by atoms with van der Waals surface area (Å²) in [4.78, 5) is 26.2. The van der Waals surface area contributed by atoms with Crippen LogP contribution in [0.4, 0.5) is 5.69 Å². The maximum atomic E-state index is 11.7. The Labute approximate surface area is 115 Å². The zero-order chi connectivity index (χ0) is 14.4. The van der Waals surface area contributed by atoms with Crippen molar-refractivity contribution >= 4 is 17.6 Å². The van der Waals surface area contributed by atoms with Gasteiger partial charge in [-0.2, -0.15) is 5.10 Å². The quantitative estimate of drug-likeness (QED) is 0.816. The maximum absolute atomic E-state index is 11.7. The Hall–Kier alpha value is -2.70. The van der Waals surface area contributed by atoms with Crippen LogP contribution >= 0.6 is 0 Å². The van der Waals surface area contributed by atoms with Crippen LogP contribution in [0.1, 0.15) is 12.0 Å². The Morgan fingerprint density at radius 2 is 2.05 bits per heavy atom. The molecule has 1 amide bonds. The SMILES string of the molecule is O=C(O)Cn1cc(NC(=O)CCc2ccncc2)cn1. The molecule has 0 aliphatic heterocycles. The number of amides is 1. The molecule has 0 fully saturated rings. The number of carbonyl (C=O) groups is 2. The first-order chi connectivity index (χ1) is 9.63. The summed E-state index contributed by atoms with van der Waals surface area (Å²) in [6.07, 6.45) is 7.24. The first kappa shape index (κ1) is 13.7. The molecule has 2 rings (SSSR count). The predicted molar refractivity (Wildman–Crippen MR) is 71.1 cm³/mol. The molecule has 7 nitrogen and oxygen atoms in total. The zero-order valence-corrected chi connectivity index (χ0v) is 10.7. The van der Waals surface area contributed by atoms with Gasteiger partial charge in [-0.25, -0.2) is 0 Å². The second-order valence-corrected chi connectivity index (χ2v) is 4.22. The number of pyridine rings is 1. The number of aryl methyl sites for hydroxylation is 1. The third-order valence-electron chi connectivity index (χ3n) is 2.60. The maximum Gasteiger partial charge on any atom is 0.325 e. The molecule has 0 aromatic carbocycles. The van der Waals surface area contributed by atoms with Gasteiger partial charge in [0.2, 0.25) is 5.91 Å². The van der Waals surface area contributed by atoms with Crippen LogP contribution in [-0.2, 0) is 22.6 Å². The lowest BCUT2D eigenvalue weighted by Crippen LogP contribution is -2.12. The molecule has 0 saturated carbocycles. The van der Waals surface area contributed by atoms with E-state index in [4.69, 9.17) is 5.11 Å². The Balaban J connectivity index is 1.82. The summed E-state index contributed by atoms with van der Waals surface area (Å²) in [7, 11) is 0. The summed E-state index contributed by atoms with van der Waals surface area (Å²) < 4.78 is 1.25. The van der Waals surface area contributed by atoms with Crippen LogP contribution in [0.15, 0.2) is 36.9 Å². The van der Waals surface area contributed by atoms with Gasteiger partial charge in [0.15, 0.2) is 0 Å². The molecular formula is C13H14N4O3. The summed E-state index contributed by atoms with van der Waals surface area (Å²) in [5.74, 6) is -1.12. The minimum Gasteiger partial charge on any atom is -0.480 e.